The van der Waals surface area contributed by atoms with Crippen LogP contribution in [0.15, 0.2) is 24.3 Å². The Morgan fingerprint density at radius 2 is 0.948 bits per heavy atom. The minimum absolute atomic E-state index is 0.0519. The molecule has 4 amide bonds. The van der Waals surface area contributed by atoms with Crippen molar-refractivity contribution in [1.29, 1.82) is 0 Å². The number of Topliss-reactive ketones (excluding diaryl/α,β-unsaturated/α-hetero) is 4. The summed E-state index contributed by atoms with van der Waals surface area (Å²) in [6, 6.07) is 0.0896. The molecule has 0 fully saturated rings. The standard InChI is InChI=1S/C50H73N5O22/c1-30(56)32-7-5-31(6-8-32)26-38(39(57)4-3-20-75-24-25-77-29-42(60)52-19-21-76-23-22-74-2)55-49(72)34(10-15-44(63)64)28-40(58)36(12-17-46(67)68)53-48(71)33(9-14-43(61)62)27-41(59)37(13-18-47(69)70)54-50(73)35(51)11-16-45(65)66/h5-8,33-38H,3-4,9-29,51H2,1-2H3,(H,52,60)(H,53,71)(H,54,73)(H,55,72)(H,61,62)(H,63,64)(H,65,66)(H,67,68)(H,69,70)/t33-,34-,35+,36+,37+,38-/m0/s1. The molecule has 0 spiro atoms. The molecule has 0 bridgehead atoms. The van der Waals surface area contributed by atoms with Gasteiger partial charge in [-0.2, -0.15) is 0 Å². The summed E-state index contributed by atoms with van der Waals surface area (Å²) in [7, 11) is 1.54. The number of nitrogens with one attached hydrogen (secondary N) is 4. The van der Waals surface area contributed by atoms with Gasteiger partial charge in [-0.05, 0) is 57.4 Å². The zero-order valence-corrected chi connectivity index (χ0v) is 43.3. The summed E-state index contributed by atoms with van der Waals surface area (Å²) in [5.74, 6) is -16.2. The van der Waals surface area contributed by atoms with Crippen LogP contribution in [0.4, 0.5) is 0 Å². The molecule has 430 valence electrons. The Morgan fingerprint density at radius 1 is 0.506 bits per heavy atom. The lowest BCUT2D eigenvalue weighted by molar-refractivity contribution is -0.141. The first kappa shape index (κ1) is 67.9. The average molecular weight is 1100 g/mol. The first-order valence-electron chi connectivity index (χ1n) is 24.9. The molecule has 0 heterocycles. The van der Waals surface area contributed by atoms with Crippen molar-refractivity contribution in [2.45, 2.75) is 127 Å². The van der Waals surface area contributed by atoms with Crippen LogP contribution in [-0.2, 0) is 82.9 Å². The molecule has 0 unspecified atom stereocenters. The number of ether oxygens (including phenoxy) is 4. The van der Waals surface area contributed by atoms with Crippen LogP contribution >= 0.6 is 0 Å². The summed E-state index contributed by atoms with van der Waals surface area (Å²) in [4.78, 5) is 164. The highest BCUT2D eigenvalue weighted by molar-refractivity contribution is 5.97. The van der Waals surface area contributed by atoms with Crippen LogP contribution in [0.2, 0.25) is 0 Å². The van der Waals surface area contributed by atoms with Gasteiger partial charge in [0.05, 0.1) is 57.2 Å². The van der Waals surface area contributed by atoms with Gasteiger partial charge in [0.1, 0.15) is 6.61 Å². The molecule has 1 aromatic rings. The molecule has 77 heavy (non-hydrogen) atoms. The fourth-order valence-corrected chi connectivity index (χ4v) is 7.27. The average Bonchev–Trinajstić information content (AvgIpc) is 3.36. The number of benzene rings is 1. The highest BCUT2D eigenvalue weighted by atomic mass is 16.5. The van der Waals surface area contributed by atoms with Crippen LogP contribution in [0.25, 0.3) is 0 Å². The maximum Gasteiger partial charge on any atom is 0.303 e. The Morgan fingerprint density at radius 3 is 1.44 bits per heavy atom. The summed E-state index contributed by atoms with van der Waals surface area (Å²) in [6.07, 6.45) is -7.65. The number of hydrogen-bond donors (Lipinski definition) is 10. The SMILES string of the molecule is COCCOCCNC(=O)COCCOCCCC(=O)[C@H](Cc1ccc(C(C)=O)cc1)NC(=O)[C@@H](CCC(=O)O)CC(=O)[C@@H](CCC(=O)O)NC(=O)[C@@H](CCC(=O)O)CC(=O)[C@@H](CCC(=O)O)NC(=O)[C@H](N)CCC(=O)O. The van der Waals surface area contributed by atoms with Crippen molar-refractivity contribution in [3.63, 3.8) is 0 Å². The minimum Gasteiger partial charge on any atom is -0.481 e. The van der Waals surface area contributed by atoms with E-state index in [2.05, 4.69) is 21.3 Å². The number of carboxylic acids is 5. The van der Waals surface area contributed by atoms with E-state index in [1.54, 1.807) is 12.1 Å². The van der Waals surface area contributed by atoms with Crippen molar-refractivity contribution in [2.24, 2.45) is 17.6 Å². The minimum atomic E-state index is -1.73. The zero-order chi connectivity index (χ0) is 57.9. The second-order valence-electron chi connectivity index (χ2n) is 17.8. The van der Waals surface area contributed by atoms with Gasteiger partial charge in [-0.1, -0.05) is 24.3 Å². The smallest absolute Gasteiger partial charge is 0.303 e. The maximum absolute atomic E-state index is 14.1. The van der Waals surface area contributed by atoms with Gasteiger partial charge >= 0.3 is 29.8 Å². The van der Waals surface area contributed by atoms with Crippen LogP contribution in [0.5, 0.6) is 0 Å². The predicted octanol–water partition coefficient (Wildman–Crippen LogP) is -0.150. The number of rotatable bonds is 46. The summed E-state index contributed by atoms with van der Waals surface area (Å²) in [5, 5.41) is 56.6. The fraction of sp³-hybridized carbons (Fsp3) is 0.620. The third-order valence-corrected chi connectivity index (χ3v) is 11.6. The van der Waals surface area contributed by atoms with E-state index in [4.69, 9.17) is 29.8 Å². The van der Waals surface area contributed by atoms with Crippen molar-refractivity contribution in [3.05, 3.63) is 35.4 Å². The van der Waals surface area contributed by atoms with Gasteiger partial charge in [-0.15, -0.1) is 0 Å². The fourth-order valence-electron chi connectivity index (χ4n) is 7.27. The quantitative estimate of drug-likeness (QED) is 0.0300. The molecule has 0 aliphatic heterocycles. The van der Waals surface area contributed by atoms with E-state index in [1.165, 1.54) is 26.2 Å². The van der Waals surface area contributed by atoms with Gasteiger partial charge in [-0.25, -0.2) is 0 Å². The van der Waals surface area contributed by atoms with E-state index in [1.807, 2.05) is 0 Å². The van der Waals surface area contributed by atoms with E-state index < -0.39 is 172 Å². The molecule has 1 rings (SSSR count). The Bertz CT molecular complexity index is 2150. The topological polar surface area (TPSA) is 434 Å². The van der Waals surface area contributed by atoms with Gasteiger partial charge in [0.25, 0.3) is 0 Å². The monoisotopic (exact) mass is 1100 g/mol. The molecule has 0 saturated carbocycles. The van der Waals surface area contributed by atoms with Gasteiger partial charge in [0.2, 0.25) is 23.6 Å². The van der Waals surface area contributed by atoms with Crippen molar-refractivity contribution in [3.8, 4) is 0 Å². The van der Waals surface area contributed by atoms with Gasteiger partial charge in [-0.3, -0.25) is 62.3 Å². The maximum atomic E-state index is 14.1. The van der Waals surface area contributed by atoms with Crippen LogP contribution in [0.3, 0.4) is 0 Å². The molecule has 27 nitrogen and oxygen atoms in total. The summed E-state index contributed by atoms with van der Waals surface area (Å²) in [6.45, 7) is 2.67. The summed E-state index contributed by atoms with van der Waals surface area (Å²) >= 11 is 0. The van der Waals surface area contributed by atoms with Crippen molar-refractivity contribution < 1.29 is 107 Å². The third-order valence-electron chi connectivity index (χ3n) is 11.6. The molecule has 0 radical (unpaired) electrons. The lowest BCUT2D eigenvalue weighted by Gasteiger charge is -2.25. The highest BCUT2D eigenvalue weighted by Crippen LogP contribution is 2.21. The van der Waals surface area contributed by atoms with Crippen LogP contribution < -0.4 is 27.0 Å². The number of methoxy groups -OCH3 is 1. The molecule has 0 aromatic heterocycles. The summed E-state index contributed by atoms with van der Waals surface area (Å²) < 4.78 is 21.0. The Kier molecular flexibility index (Phi) is 33.9. The number of amides is 4. The van der Waals surface area contributed by atoms with Gasteiger partial charge in [0.15, 0.2) is 23.1 Å². The molecule has 0 aliphatic rings. The number of carbonyl (C=O) groups excluding carboxylic acids is 8. The summed E-state index contributed by atoms with van der Waals surface area (Å²) in [5.41, 5.74) is 6.63. The van der Waals surface area contributed by atoms with E-state index >= 15 is 0 Å². The van der Waals surface area contributed by atoms with E-state index in [0.717, 1.165) is 0 Å². The normalized spacial score (nSPS) is 13.3. The molecule has 27 heteroatoms. The molecule has 0 aliphatic carbocycles. The van der Waals surface area contributed by atoms with Crippen molar-refractivity contribution in [2.75, 3.05) is 59.9 Å². The molecule has 6 atom stereocenters. The third kappa shape index (κ3) is 31.5. The number of ketones is 4. The van der Waals surface area contributed by atoms with Crippen molar-refractivity contribution in [1.82, 2.24) is 21.3 Å². The van der Waals surface area contributed by atoms with E-state index in [0.29, 0.717) is 30.9 Å². The van der Waals surface area contributed by atoms with Crippen LogP contribution in [0, 0.1) is 11.8 Å². The van der Waals surface area contributed by atoms with Crippen LogP contribution in [0.1, 0.15) is 113 Å². The number of carbonyl (C=O) groups is 13. The largest absolute Gasteiger partial charge is 0.481 e. The number of nitrogens with two attached hydrogens (primary N) is 1. The van der Waals surface area contributed by atoms with Crippen molar-refractivity contribution >= 4 is 76.6 Å². The number of aliphatic carboxylic acids is 5. The lowest BCUT2D eigenvalue weighted by Crippen LogP contribution is -2.50. The molecule has 1 aromatic carbocycles. The Balaban J connectivity index is 3.33. The second-order valence-corrected chi connectivity index (χ2v) is 17.8. The zero-order valence-electron chi connectivity index (χ0n) is 43.3. The highest BCUT2D eigenvalue weighted by Gasteiger charge is 2.34. The van der Waals surface area contributed by atoms with Crippen LogP contribution in [-0.4, -0.2) is 186 Å². The van der Waals surface area contributed by atoms with E-state index in [-0.39, 0.29) is 70.3 Å². The molecule has 0 saturated heterocycles. The Hall–Kier alpha value is -7.07. The first-order valence-corrected chi connectivity index (χ1v) is 24.9. The number of carboxylic acid groups (broad SMARTS) is 5. The van der Waals surface area contributed by atoms with Gasteiger partial charge in [0, 0.05) is 89.0 Å². The molecule has 11 N–H and O–H groups in total. The predicted molar refractivity (Wildman–Crippen MR) is 266 cm³/mol. The lowest BCUT2D eigenvalue weighted by atomic mass is 9.89. The number of hydrogen-bond acceptors (Lipinski definition) is 18. The van der Waals surface area contributed by atoms with E-state index in [9.17, 15) is 82.8 Å². The second kappa shape index (κ2) is 38.5. The Labute approximate surface area is 444 Å². The molecular weight excluding hydrogens is 1020 g/mol. The first-order chi connectivity index (χ1) is 36.4. The molecular formula is C50H73N5O22. The van der Waals surface area contributed by atoms with Gasteiger partial charge < -0.3 is 71.5 Å².